The van der Waals surface area contributed by atoms with Crippen LogP contribution in [-0.4, -0.2) is 19.7 Å². The van der Waals surface area contributed by atoms with Gasteiger partial charge in [-0.05, 0) is 12.1 Å². The highest BCUT2D eigenvalue weighted by molar-refractivity contribution is 7.98. The van der Waals surface area contributed by atoms with Crippen molar-refractivity contribution in [3.05, 3.63) is 64.8 Å². The summed E-state index contributed by atoms with van der Waals surface area (Å²) in [6, 6.07) is 11.7. The maximum absolute atomic E-state index is 11.8. The Morgan fingerprint density at radius 3 is 2.84 bits per heavy atom. The molecule has 19 heavy (non-hydrogen) atoms. The monoisotopic (exact) mass is 272 g/mol. The second-order valence-electron chi connectivity index (χ2n) is 3.97. The van der Waals surface area contributed by atoms with E-state index in [4.69, 9.17) is 0 Å². The van der Waals surface area contributed by atoms with E-state index in [2.05, 4.69) is 15.1 Å². The molecular formula is C13H12N4OS. The average molecular weight is 272 g/mol. The van der Waals surface area contributed by atoms with Crippen molar-refractivity contribution < 1.29 is 0 Å². The number of rotatable bonds is 4. The number of thioether (sulfide) groups is 1. The van der Waals surface area contributed by atoms with Gasteiger partial charge in [0.2, 0.25) is 5.95 Å². The molecule has 3 rings (SSSR count). The Balaban J connectivity index is 1.76. The van der Waals surface area contributed by atoms with E-state index in [1.54, 1.807) is 30.2 Å². The molecule has 0 unspecified atom stereocenters. The Labute approximate surface area is 113 Å². The van der Waals surface area contributed by atoms with E-state index in [1.807, 2.05) is 30.3 Å². The average Bonchev–Trinajstić information content (AvgIpc) is 3.07. The van der Waals surface area contributed by atoms with E-state index >= 15 is 0 Å². The van der Waals surface area contributed by atoms with E-state index in [0.29, 0.717) is 11.7 Å². The quantitative estimate of drug-likeness (QED) is 0.715. The summed E-state index contributed by atoms with van der Waals surface area (Å²) in [6.45, 7) is 0. The zero-order valence-corrected chi connectivity index (χ0v) is 10.9. The summed E-state index contributed by atoms with van der Waals surface area (Å²) >= 11 is 1.68. The molecule has 0 spiro atoms. The zero-order valence-electron chi connectivity index (χ0n) is 10.0. The lowest BCUT2D eigenvalue weighted by Gasteiger charge is -1.99. The Kier molecular flexibility index (Phi) is 3.24. The molecule has 5 nitrogen and oxygen atoms in total. The maximum Gasteiger partial charge on any atom is 0.274 e. The molecule has 0 radical (unpaired) electrons. The zero-order chi connectivity index (χ0) is 13.1. The predicted molar refractivity (Wildman–Crippen MR) is 74.5 cm³/mol. The van der Waals surface area contributed by atoms with E-state index in [1.165, 1.54) is 9.58 Å². The molecule has 2 aromatic heterocycles. The summed E-state index contributed by atoms with van der Waals surface area (Å²) in [5.74, 6) is 1.22. The van der Waals surface area contributed by atoms with Gasteiger partial charge in [-0.2, -0.15) is 4.68 Å². The van der Waals surface area contributed by atoms with Crippen molar-refractivity contribution in [1.82, 2.24) is 19.7 Å². The van der Waals surface area contributed by atoms with Gasteiger partial charge in [0, 0.05) is 34.8 Å². The molecule has 0 aliphatic carbocycles. The molecule has 6 heteroatoms. The van der Waals surface area contributed by atoms with E-state index in [9.17, 15) is 4.79 Å². The Morgan fingerprint density at radius 1 is 1.26 bits per heavy atom. The lowest BCUT2D eigenvalue weighted by atomic mass is 10.4. The van der Waals surface area contributed by atoms with Crippen LogP contribution in [0.4, 0.5) is 0 Å². The first kappa shape index (κ1) is 11.9. The molecule has 2 heterocycles. The van der Waals surface area contributed by atoms with Gasteiger partial charge in [0.1, 0.15) is 0 Å². The van der Waals surface area contributed by atoms with Crippen LogP contribution in [-0.2, 0) is 5.75 Å². The number of hydrogen-bond donors (Lipinski definition) is 2. The van der Waals surface area contributed by atoms with Gasteiger partial charge in [-0.1, -0.05) is 18.2 Å². The van der Waals surface area contributed by atoms with Crippen LogP contribution < -0.4 is 5.56 Å². The van der Waals surface area contributed by atoms with Gasteiger partial charge in [-0.15, -0.1) is 11.8 Å². The topological polar surface area (TPSA) is 66.5 Å². The number of nitrogens with zero attached hydrogens (tertiary/aromatic N) is 2. The number of benzene rings is 1. The minimum atomic E-state index is -0.112. The second kappa shape index (κ2) is 5.19. The molecule has 0 saturated heterocycles. The smallest absolute Gasteiger partial charge is 0.274 e. The summed E-state index contributed by atoms with van der Waals surface area (Å²) in [6.07, 6.45) is 3.29. The Bertz CT molecular complexity index is 700. The second-order valence-corrected chi connectivity index (χ2v) is 5.02. The van der Waals surface area contributed by atoms with Gasteiger partial charge in [0.05, 0.1) is 0 Å². The molecule has 3 aromatic rings. The summed E-state index contributed by atoms with van der Waals surface area (Å²) in [5, 5.41) is 3.04. The fourth-order valence-corrected chi connectivity index (χ4v) is 2.55. The van der Waals surface area contributed by atoms with Crippen molar-refractivity contribution in [3.8, 4) is 5.95 Å². The van der Waals surface area contributed by atoms with Crippen molar-refractivity contribution in [1.29, 1.82) is 0 Å². The first-order valence-electron chi connectivity index (χ1n) is 5.81. The number of aromatic nitrogens is 4. The van der Waals surface area contributed by atoms with Gasteiger partial charge in [0.25, 0.3) is 5.56 Å². The van der Waals surface area contributed by atoms with Gasteiger partial charge in [-0.25, -0.2) is 4.98 Å². The van der Waals surface area contributed by atoms with Crippen LogP contribution in [0.15, 0.2) is 58.5 Å². The summed E-state index contributed by atoms with van der Waals surface area (Å²) in [7, 11) is 0. The van der Waals surface area contributed by atoms with E-state index in [0.717, 1.165) is 5.69 Å². The molecule has 0 saturated carbocycles. The third-order valence-corrected chi connectivity index (χ3v) is 3.67. The molecule has 96 valence electrons. The van der Waals surface area contributed by atoms with Crippen molar-refractivity contribution in [2.24, 2.45) is 0 Å². The molecule has 0 atom stereocenters. The minimum absolute atomic E-state index is 0.112. The molecule has 2 N–H and O–H groups in total. The summed E-state index contributed by atoms with van der Waals surface area (Å²) in [5.41, 5.74) is 0.758. The Morgan fingerprint density at radius 2 is 2.11 bits per heavy atom. The fourth-order valence-electron chi connectivity index (χ4n) is 1.73. The molecule has 0 fully saturated rings. The number of H-pyrrole nitrogens is 2. The third kappa shape index (κ3) is 2.63. The van der Waals surface area contributed by atoms with E-state index < -0.39 is 0 Å². The number of nitrogens with one attached hydrogen (secondary N) is 2. The van der Waals surface area contributed by atoms with Crippen LogP contribution in [0.1, 0.15) is 5.69 Å². The molecule has 0 aliphatic heterocycles. The van der Waals surface area contributed by atoms with Crippen LogP contribution in [0.3, 0.4) is 0 Å². The molecular weight excluding hydrogens is 260 g/mol. The first-order valence-corrected chi connectivity index (χ1v) is 6.80. The minimum Gasteiger partial charge on any atom is -0.329 e. The van der Waals surface area contributed by atoms with Crippen molar-refractivity contribution >= 4 is 11.8 Å². The molecule has 1 aromatic carbocycles. The molecule has 0 bridgehead atoms. The number of aromatic amines is 2. The third-order valence-electron chi connectivity index (χ3n) is 2.61. The van der Waals surface area contributed by atoms with Gasteiger partial charge in [0.15, 0.2) is 0 Å². The van der Waals surface area contributed by atoms with Crippen LogP contribution in [0.25, 0.3) is 5.95 Å². The Hall–Kier alpha value is -2.21. The van der Waals surface area contributed by atoms with Crippen LogP contribution in [0.2, 0.25) is 0 Å². The lowest BCUT2D eigenvalue weighted by molar-refractivity contribution is 0.786. The van der Waals surface area contributed by atoms with Crippen molar-refractivity contribution in [2.45, 2.75) is 10.6 Å². The number of hydrogen-bond acceptors (Lipinski definition) is 3. The summed E-state index contributed by atoms with van der Waals surface area (Å²) in [4.78, 5) is 19.9. The van der Waals surface area contributed by atoms with Gasteiger partial charge in [-0.3, -0.25) is 9.89 Å². The molecule has 0 amide bonds. The number of imidazole rings is 1. The largest absolute Gasteiger partial charge is 0.329 e. The van der Waals surface area contributed by atoms with Crippen LogP contribution in [0, 0.1) is 0 Å². The van der Waals surface area contributed by atoms with Crippen LogP contribution >= 0.6 is 11.8 Å². The highest BCUT2D eigenvalue weighted by atomic mass is 32.2. The van der Waals surface area contributed by atoms with Gasteiger partial charge < -0.3 is 4.98 Å². The normalized spacial score (nSPS) is 10.7. The van der Waals surface area contributed by atoms with Crippen molar-refractivity contribution in [2.75, 3.05) is 0 Å². The highest BCUT2D eigenvalue weighted by Gasteiger charge is 2.06. The highest BCUT2D eigenvalue weighted by Crippen LogP contribution is 2.20. The standard InChI is InChI=1S/C13H12N4OS/c18-12-8-10(9-19-11-4-2-1-3-5-11)16-17(12)13-14-6-7-15-13/h1-8,16H,9H2,(H,14,15). The fraction of sp³-hybridized carbons (Fsp3) is 0.0769. The van der Waals surface area contributed by atoms with Crippen LogP contribution in [0.5, 0.6) is 0 Å². The van der Waals surface area contributed by atoms with Gasteiger partial charge >= 0.3 is 0 Å². The summed E-state index contributed by atoms with van der Waals surface area (Å²) < 4.78 is 1.40. The first-order chi connectivity index (χ1) is 9.33. The van der Waals surface area contributed by atoms with E-state index in [-0.39, 0.29) is 5.56 Å². The SMILES string of the molecule is O=c1cc(CSc2ccccc2)[nH]n1-c1ncc[nH]1. The predicted octanol–water partition coefficient (Wildman–Crippen LogP) is 2.18. The lowest BCUT2D eigenvalue weighted by Crippen LogP contribution is -2.14. The molecule has 0 aliphatic rings. The maximum atomic E-state index is 11.8. The van der Waals surface area contributed by atoms with Crippen molar-refractivity contribution in [3.63, 3.8) is 0 Å².